The molecular formula is C28H27N3O6. The molecule has 2 aromatic heterocycles. The number of carbonyl (C=O) groups excluding carboxylic acids is 2. The third-order valence-corrected chi connectivity index (χ3v) is 6.15. The zero-order chi connectivity index (χ0) is 26.3. The number of nitrogens with zero attached hydrogens (tertiary/aromatic N) is 2. The summed E-state index contributed by atoms with van der Waals surface area (Å²) in [6.07, 6.45) is 0. The molecule has 1 aliphatic rings. The Morgan fingerprint density at radius 1 is 1.05 bits per heavy atom. The van der Waals surface area contributed by atoms with Gasteiger partial charge in [-0.15, -0.1) is 0 Å². The number of imidazole rings is 1. The highest BCUT2D eigenvalue weighted by Gasteiger charge is 2.50. The van der Waals surface area contributed by atoms with Gasteiger partial charge < -0.3 is 24.0 Å². The van der Waals surface area contributed by atoms with Crippen molar-refractivity contribution in [3.8, 4) is 11.5 Å². The van der Waals surface area contributed by atoms with Crippen LogP contribution in [0, 0.1) is 13.8 Å². The van der Waals surface area contributed by atoms with Gasteiger partial charge in [0.15, 0.2) is 0 Å². The summed E-state index contributed by atoms with van der Waals surface area (Å²) in [5, 5.41) is 11.5. The number of carbonyl (C=O) groups is 2. The van der Waals surface area contributed by atoms with Gasteiger partial charge in [0.2, 0.25) is 5.95 Å². The lowest BCUT2D eigenvalue weighted by molar-refractivity contribution is -0.132. The first-order valence-electron chi connectivity index (χ1n) is 12.1. The zero-order valence-corrected chi connectivity index (χ0v) is 21.0. The lowest BCUT2D eigenvalue weighted by atomic mass is 9.98. The van der Waals surface area contributed by atoms with Crippen LogP contribution in [0.15, 0.2) is 58.5 Å². The summed E-state index contributed by atoms with van der Waals surface area (Å²) >= 11 is 0. The van der Waals surface area contributed by atoms with Gasteiger partial charge in [-0.25, -0.2) is 4.98 Å². The van der Waals surface area contributed by atoms with Crippen LogP contribution in [0.1, 0.15) is 42.5 Å². The van der Waals surface area contributed by atoms with Crippen LogP contribution in [-0.4, -0.2) is 40.0 Å². The van der Waals surface area contributed by atoms with Gasteiger partial charge in [0.25, 0.3) is 5.78 Å². The molecule has 1 aliphatic heterocycles. The largest absolute Gasteiger partial charge is 0.507 e. The number of benzene rings is 2. The van der Waals surface area contributed by atoms with Crippen molar-refractivity contribution in [3.63, 3.8) is 0 Å². The summed E-state index contributed by atoms with van der Waals surface area (Å²) in [4.78, 5) is 35.8. The maximum absolute atomic E-state index is 13.4. The van der Waals surface area contributed by atoms with Crippen molar-refractivity contribution >= 4 is 34.4 Å². The summed E-state index contributed by atoms with van der Waals surface area (Å²) in [6, 6.07) is 12.9. The van der Waals surface area contributed by atoms with E-state index in [1.54, 1.807) is 37.3 Å². The van der Waals surface area contributed by atoms with Crippen LogP contribution in [0.2, 0.25) is 0 Å². The number of ketones is 1. The standard InChI is InChI=1S/C28H27N3O6/c1-5-35-17-9-10-18(22(14-17)36-6-2)25(32)23-24(21-12-8-16(4)37-21)31(27(34)26(23)33)28-29-19-11-7-15(3)13-20(19)30-28/h7-14,24,32H,5-6H2,1-4H3,(H,29,30)/b25-23+. The number of Topliss-reactive ketones (excluding diaryl/α,β-unsaturated/α-hetero) is 1. The first-order valence-corrected chi connectivity index (χ1v) is 12.1. The first-order chi connectivity index (χ1) is 17.8. The summed E-state index contributed by atoms with van der Waals surface area (Å²) < 4.78 is 17.2. The Morgan fingerprint density at radius 2 is 1.84 bits per heavy atom. The summed E-state index contributed by atoms with van der Waals surface area (Å²) in [5.74, 6) is -0.0965. The van der Waals surface area contributed by atoms with Crippen molar-refractivity contribution in [1.82, 2.24) is 9.97 Å². The lowest BCUT2D eigenvalue weighted by Crippen LogP contribution is -2.30. The molecule has 9 heteroatoms. The molecule has 1 saturated heterocycles. The van der Waals surface area contributed by atoms with E-state index in [0.717, 1.165) is 11.1 Å². The molecule has 0 spiro atoms. The topological polar surface area (TPSA) is 118 Å². The van der Waals surface area contributed by atoms with Gasteiger partial charge >= 0.3 is 5.91 Å². The van der Waals surface area contributed by atoms with Crippen molar-refractivity contribution in [3.05, 3.63) is 76.8 Å². The van der Waals surface area contributed by atoms with E-state index < -0.39 is 17.7 Å². The number of H-pyrrole nitrogens is 1. The Labute approximate surface area is 213 Å². The van der Waals surface area contributed by atoms with Gasteiger partial charge in [0.05, 0.1) is 35.4 Å². The molecule has 0 radical (unpaired) electrons. The minimum absolute atomic E-state index is 0.124. The highest BCUT2D eigenvalue weighted by Crippen LogP contribution is 2.43. The number of fused-ring (bicyclic) bond motifs is 1. The fourth-order valence-electron chi connectivity index (χ4n) is 4.52. The molecular weight excluding hydrogens is 474 g/mol. The predicted molar refractivity (Wildman–Crippen MR) is 138 cm³/mol. The number of hydrogen-bond acceptors (Lipinski definition) is 7. The molecule has 3 heterocycles. The Bertz CT molecular complexity index is 1550. The van der Waals surface area contributed by atoms with Crippen LogP contribution in [0.3, 0.4) is 0 Å². The van der Waals surface area contributed by atoms with E-state index in [1.165, 1.54) is 4.90 Å². The molecule has 0 saturated carbocycles. The minimum Gasteiger partial charge on any atom is -0.507 e. The summed E-state index contributed by atoms with van der Waals surface area (Å²) in [7, 11) is 0. The van der Waals surface area contributed by atoms with Gasteiger partial charge in [-0.3, -0.25) is 14.5 Å². The van der Waals surface area contributed by atoms with E-state index in [1.807, 2.05) is 39.0 Å². The number of aliphatic hydroxyl groups excluding tert-OH is 1. The van der Waals surface area contributed by atoms with Gasteiger partial charge in [-0.05, 0) is 69.7 Å². The summed E-state index contributed by atoms with van der Waals surface area (Å²) in [6.45, 7) is 8.16. The Balaban J connectivity index is 1.70. The molecule has 2 aromatic carbocycles. The average molecular weight is 502 g/mol. The molecule has 0 bridgehead atoms. The Morgan fingerprint density at radius 3 is 2.54 bits per heavy atom. The molecule has 1 amide bonds. The van der Waals surface area contributed by atoms with Crippen molar-refractivity contribution in [2.75, 3.05) is 18.1 Å². The van der Waals surface area contributed by atoms with E-state index in [0.29, 0.717) is 41.7 Å². The van der Waals surface area contributed by atoms with E-state index in [4.69, 9.17) is 13.9 Å². The number of anilines is 1. The maximum atomic E-state index is 13.4. The lowest BCUT2D eigenvalue weighted by Gasteiger charge is -2.21. The van der Waals surface area contributed by atoms with Crippen LogP contribution in [-0.2, 0) is 9.59 Å². The Hall–Kier alpha value is -4.53. The molecule has 37 heavy (non-hydrogen) atoms. The second-order valence-corrected chi connectivity index (χ2v) is 8.72. The van der Waals surface area contributed by atoms with Crippen LogP contribution in [0.25, 0.3) is 16.8 Å². The smallest absolute Gasteiger partial charge is 0.302 e. The van der Waals surface area contributed by atoms with Crippen LogP contribution in [0.5, 0.6) is 11.5 Å². The van der Waals surface area contributed by atoms with Crippen LogP contribution in [0.4, 0.5) is 5.95 Å². The number of aromatic nitrogens is 2. The third kappa shape index (κ3) is 4.22. The van der Waals surface area contributed by atoms with Crippen molar-refractivity contribution in [2.24, 2.45) is 0 Å². The fourth-order valence-corrected chi connectivity index (χ4v) is 4.52. The second kappa shape index (κ2) is 9.50. The molecule has 190 valence electrons. The minimum atomic E-state index is -1.04. The zero-order valence-electron chi connectivity index (χ0n) is 21.0. The number of aliphatic hydroxyl groups is 1. The fraction of sp³-hybridized carbons (Fsp3) is 0.250. The second-order valence-electron chi connectivity index (χ2n) is 8.72. The molecule has 9 nitrogen and oxygen atoms in total. The SMILES string of the molecule is CCOc1ccc(/C(O)=C2\C(=O)C(=O)N(c3nc4ccc(C)cc4[nH]3)C2c2ccc(C)o2)c(OCC)c1. The molecule has 1 unspecified atom stereocenters. The number of nitrogens with one attached hydrogen (secondary N) is 1. The number of aryl methyl sites for hydroxylation is 2. The quantitative estimate of drug-likeness (QED) is 0.203. The number of amides is 1. The van der Waals surface area contributed by atoms with Crippen LogP contribution < -0.4 is 14.4 Å². The van der Waals surface area contributed by atoms with Gasteiger partial charge in [-0.1, -0.05) is 6.07 Å². The van der Waals surface area contributed by atoms with E-state index in [2.05, 4.69) is 9.97 Å². The van der Waals surface area contributed by atoms with E-state index in [9.17, 15) is 14.7 Å². The highest BCUT2D eigenvalue weighted by molar-refractivity contribution is 6.51. The number of hydrogen-bond donors (Lipinski definition) is 2. The number of rotatable bonds is 7. The number of furan rings is 1. The van der Waals surface area contributed by atoms with Gasteiger partial charge in [0.1, 0.15) is 34.8 Å². The van der Waals surface area contributed by atoms with Crippen molar-refractivity contribution in [2.45, 2.75) is 33.7 Å². The predicted octanol–water partition coefficient (Wildman–Crippen LogP) is 5.20. The van der Waals surface area contributed by atoms with Gasteiger partial charge in [-0.2, -0.15) is 0 Å². The molecule has 4 aromatic rings. The van der Waals surface area contributed by atoms with Crippen LogP contribution >= 0.6 is 0 Å². The van der Waals surface area contributed by atoms with Crippen molar-refractivity contribution < 1.29 is 28.6 Å². The average Bonchev–Trinajstić information content (AvgIpc) is 3.55. The molecule has 0 aliphatic carbocycles. The monoisotopic (exact) mass is 501 g/mol. The molecule has 1 fully saturated rings. The normalized spacial score (nSPS) is 17.1. The molecule has 1 atom stereocenters. The number of aromatic amines is 1. The van der Waals surface area contributed by atoms with Crippen molar-refractivity contribution in [1.29, 1.82) is 0 Å². The van der Waals surface area contributed by atoms with Gasteiger partial charge in [0, 0.05) is 6.07 Å². The third-order valence-electron chi connectivity index (χ3n) is 6.15. The first kappa shape index (κ1) is 24.2. The summed E-state index contributed by atoms with van der Waals surface area (Å²) in [5.41, 5.74) is 2.51. The molecule has 5 rings (SSSR count). The highest BCUT2D eigenvalue weighted by atomic mass is 16.5. The van der Waals surface area contributed by atoms with E-state index in [-0.39, 0.29) is 22.8 Å². The Kier molecular flexibility index (Phi) is 6.20. The molecule has 2 N–H and O–H groups in total. The van der Waals surface area contributed by atoms with E-state index >= 15 is 0 Å². The number of ether oxygens (including phenoxy) is 2. The maximum Gasteiger partial charge on any atom is 0.302 e.